The van der Waals surface area contributed by atoms with Crippen LogP contribution in [0.5, 0.6) is 0 Å². The van der Waals surface area contributed by atoms with Crippen molar-refractivity contribution in [1.82, 2.24) is 0 Å². The Morgan fingerprint density at radius 3 is 2.50 bits per heavy atom. The molecule has 0 amide bonds. The minimum atomic E-state index is -0.429. The van der Waals surface area contributed by atoms with Gasteiger partial charge in [0.05, 0.1) is 15.6 Å². The summed E-state index contributed by atoms with van der Waals surface area (Å²) in [5.41, 5.74) is 1.68. The number of aliphatic hydroxyl groups is 1. The average Bonchev–Trinajstić information content (AvgIpc) is 2.40. The summed E-state index contributed by atoms with van der Waals surface area (Å²) in [6.45, 7) is 5.71. The molecule has 1 fully saturated rings. The molecule has 1 aromatic carbocycles. The minimum absolute atomic E-state index is 0.0217. The lowest BCUT2D eigenvalue weighted by Gasteiger charge is -2.40. The quantitative estimate of drug-likeness (QED) is 0.687. The Morgan fingerprint density at radius 2 is 2.05 bits per heavy atom. The van der Waals surface area contributed by atoms with Crippen LogP contribution in [0.25, 0.3) is 0 Å². The van der Waals surface area contributed by atoms with Crippen LogP contribution in [0.4, 0.5) is 11.4 Å². The van der Waals surface area contributed by atoms with Crippen molar-refractivity contribution >= 4 is 23.0 Å². The first-order valence-corrected chi connectivity index (χ1v) is 7.04. The fraction of sp³-hybridized carbons (Fsp3) is 0.571. The zero-order valence-electron chi connectivity index (χ0n) is 11.7. The zero-order valence-corrected chi connectivity index (χ0v) is 12.5. The van der Waals surface area contributed by atoms with Crippen molar-refractivity contribution < 1.29 is 10.0 Å². The Kier molecular flexibility index (Phi) is 4.20. The maximum Gasteiger partial charge on any atom is 0.271 e. The van der Waals surface area contributed by atoms with E-state index in [1.54, 1.807) is 6.07 Å². The summed E-state index contributed by atoms with van der Waals surface area (Å²) < 4.78 is 0. The Balaban J connectivity index is 2.24. The van der Waals surface area contributed by atoms with E-state index >= 15 is 0 Å². The molecule has 5 nitrogen and oxygen atoms in total. The topological polar surface area (TPSA) is 66.6 Å². The lowest BCUT2D eigenvalue weighted by atomic mass is 9.81. The number of aliphatic hydroxyl groups excluding tert-OH is 1. The van der Waals surface area contributed by atoms with Gasteiger partial charge in [0, 0.05) is 31.8 Å². The first kappa shape index (κ1) is 15.1. The molecule has 6 heteroatoms. The van der Waals surface area contributed by atoms with Gasteiger partial charge in [-0.15, -0.1) is 0 Å². The van der Waals surface area contributed by atoms with Gasteiger partial charge in [-0.2, -0.15) is 0 Å². The molecule has 20 heavy (non-hydrogen) atoms. The van der Waals surface area contributed by atoms with Crippen molar-refractivity contribution in [2.24, 2.45) is 5.41 Å². The SMILES string of the molecule is Cc1cc([N+](=O)[O-])cc(Cl)c1N1CCC(C)(CO)CC1. The van der Waals surface area contributed by atoms with Crippen LogP contribution in [-0.2, 0) is 0 Å². The third kappa shape index (κ3) is 2.88. The van der Waals surface area contributed by atoms with E-state index in [0.29, 0.717) is 5.02 Å². The van der Waals surface area contributed by atoms with Gasteiger partial charge in [0.25, 0.3) is 5.69 Å². The molecule has 1 aliphatic rings. The summed E-state index contributed by atoms with van der Waals surface area (Å²) in [7, 11) is 0. The molecule has 0 radical (unpaired) electrons. The second-order valence-corrected chi connectivity index (χ2v) is 6.21. The van der Waals surface area contributed by atoms with Crippen LogP contribution < -0.4 is 4.90 Å². The number of nitro groups is 1. The van der Waals surface area contributed by atoms with Gasteiger partial charge in [-0.3, -0.25) is 10.1 Å². The monoisotopic (exact) mass is 298 g/mol. The van der Waals surface area contributed by atoms with E-state index in [9.17, 15) is 15.2 Å². The smallest absolute Gasteiger partial charge is 0.271 e. The molecule has 0 saturated carbocycles. The second-order valence-electron chi connectivity index (χ2n) is 5.81. The third-order valence-electron chi connectivity index (χ3n) is 4.12. The highest BCUT2D eigenvalue weighted by molar-refractivity contribution is 6.33. The van der Waals surface area contributed by atoms with Crippen LogP contribution in [0.1, 0.15) is 25.3 Å². The molecule has 2 rings (SSSR count). The fourth-order valence-electron chi connectivity index (χ4n) is 2.65. The van der Waals surface area contributed by atoms with Crippen LogP contribution in [0.2, 0.25) is 5.02 Å². The number of piperidine rings is 1. The van der Waals surface area contributed by atoms with E-state index in [2.05, 4.69) is 11.8 Å². The molecule has 1 saturated heterocycles. The first-order chi connectivity index (χ1) is 9.36. The molecular formula is C14H19ClN2O3. The third-order valence-corrected chi connectivity index (χ3v) is 4.41. The second kappa shape index (κ2) is 5.58. The molecule has 0 aromatic heterocycles. The van der Waals surface area contributed by atoms with Crippen LogP contribution in [0.3, 0.4) is 0 Å². The average molecular weight is 299 g/mol. The fourth-order valence-corrected chi connectivity index (χ4v) is 3.03. The van der Waals surface area contributed by atoms with Crippen LogP contribution in [0, 0.1) is 22.5 Å². The molecule has 1 heterocycles. The predicted molar refractivity (Wildman–Crippen MR) is 79.5 cm³/mol. The van der Waals surface area contributed by atoms with Gasteiger partial charge in [-0.1, -0.05) is 18.5 Å². The van der Waals surface area contributed by atoms with Crippen molar-refractivity contribution in [1.29, 1.82) is 0 Å². The molecular weight excluding hydrogens is 280 g/mol. The molecule has 0 spiro atoms. The van der Waals surface area contributed by atoms with Crippen LogP contribution >= 0.6 is 11.6 Å². The number of rotatable bonds is 3. The highest BCUT2D eigenvalue weighted by atomic mass is 35.5. The molecule has 110 valence electrons. The normalized spacial score (nSPS) is 18.1. The Morgan fingerprint density at radius 1 is 1.45 bits per heavy atom. The molecule has 0 unspecified atom stereocenters. The number of halogens is 1. The lowest BCUT2D eigenvalue weighted by molar-refractivity contribution is -0.384. The van der Waals surface area contributed by atoms with Gasteiger partial charge in [-0.05, 0) is 30.7 Å². The molecule has 1 aromatic rings. The van der Waals surface area contributed by atoms with E-state index in [0.717, 1.165) is 37.2 Å². The number of hydrogen-bond donors (Lipinski definition) is 1. The maximum absolute atomic E-state index is 10.8. The molecule has 1 aliphatic heterocycles. The van der Waals surface area contributed by atoms with Gasteiger partial charge in [-0.25, -0.2) is 0 Å². The number of nitrogens with zero attached hydrogens (tertiary/aromatic N) is 2. The van der Waals surface area contributed by atoms with E-state index in [1.807, 2.05) is 6.92 Å². The van der Waals surface area contributed by atoms with Gasteiger partial charge >= 0.3 is 0 Å². The highest BCUT2D eigenvalue weighted by Crippen LogP contribution is 2.38. The van der Waals surface area contributed by atoms with Gasteiger partial charge in [0.2, 0.25) is 0 Å². The summed E-state index contributed by atoms with van der Waals surface area (Å²) >= 11 is 6.22. The zero-order chi connectivity index (χ0) is 14.9. The van der Waals surface area contributed by atoms with Crippen LogP contribution in [0.15, 0.2) is 12.1 Å². The van der Waals surface area contributed by atoms with E-state index in [4.69, 9.17) is 11.6 Å². The van der Waals surface area contributed by atoms with Gasteiger partial charge in [0.1, 0.15) is 0 Å². The summed E-state index contributed by atoms with van der Waals surface area (Å²) in [4.78, 5) is 12.5. The molecule has 0 aliphatic carbocycles. The molecule has 1 N–H and O–H groups in total. The number of non-ortho nitro benzene ring substituents is 1. The number of hydrogen-bond acceptors (Lipinski definition) is 4. The largest absolute Gasteiger partial charge is 0.396 e. The number of nitro benzene ring substituents is 1. The van der Waals surface area contributed by atoms with Crippen molar-refractivity contribution in [2.75, 3.05) is 24.6 Å². The highest BCUT2D eigenvalue weighted by Gasteiger charge is 2.31. The standard InChI is InChI=1S/C14H19ClN2O3/c1-10-7-11(17(19)20)8-12(15)13(10)16-5-3-14(2,9-18)4-6-16/h7-8,18H,3-6,9H2,1-2H3. The van der Waals surface area contributed by atoms with Crippen molar-refractivity contribution in [2.45, 2.75) is 26.7 Å². The number of anilines is 1. The number of benzene rings is 1. The van der Waals surface area contributed by atoms with E-state index < -0.39 is 4.92 Å². The Hall–Kier alpha value is -1.33. The van der Waals surface area contributed by atoms with Gasteiger partial charge in [0.15, 0.2) is 0 Å². The van der Waals surface area contributed by atoms with Crippen molar-refractivity contribution in [3.63, 3.8) is 0 Å². The summed E-state index contributed by atoms with van der Waals surface area (Å²) in [5.74, 6) is 0. The summed E-state index contributed by atoms with van der Waals surface area (Å²) in [6.07, 6.45) is 1.77. The predicted octanol–water partition coefficient (Wildman–Crippen LogP) is 3.16. The van der Waals surface area contributed by atoms with Gasteiger partial charge < -0.3 is 10.0 Å². The molecule has 0 bridgehead atoms. The maximum atomic E-state index is 10.8. The first-order valence-electron chi connectivity index (χ1n) is 6.67. The van der Waals surface area contributed by atoms with E-state index in [1.165, 1.54) is 6.07 Å². The number of aryl methyl sites for hydroxylation is 1. The molecule has 0 atom stereocenters. The van der Waals surface area contributed by atoms with Crippen LogP contribution in [-0.4, -0.2) is 29.7 Å². The summed E-state index contributed by atoms with van der Waals surface area (Å²) in [5, 5.41) is 20.6. The lowest BCUT2D eigenvalue weighted by Crippen LogP contribution is -2.40. The minimum Gasteiger partial charge on any atom is -0.396 e. The summed E-state index contributed by atoms with van der Waals surface area (Å²) in [6, 6.07) is 2.96. The van der Waals surface area contributed by atoms with Crippen molar-refractivity contribution in [3.05, 3.63) is 32.8 Å². The van der Waals surface area contributed by atoms with E-state index in [-0.39, 0.29) is 17.7 Å². The Labute approximate surface area is 123 Å². The Bertz CT molecular complexity index is 502. The van der Waals surface area contributed by atoms with Crippen molar-refractivity contribution in [3.8, 4) is 0 Å².